The van der Waals surface area contributed by atoms with Crippen molar-refractivity contribution >= 4 is 22.8 Å². The second-order valence-corrected chi connectivity index (χ2v) is 7.60. The lowest BCUT2D eigenvalue weighted by Crippen LogP contribution is -2.44. The van der Waals surface area contributed by atoms with E-state index in [9.17, 15) is 4.79 Å². The molecule has 30 heavy (non-hydrogen) atoms. The second kappa shape index (κ2) is 9.11. The fraction of sp³-hybridized carbons (Fsp3) is 0.455. The maximum atomic E-state index is 12.7. The minimum absolute atomic E-state index is 0.0542. The number of fused-ring (bicyclic) bond motifs is 1. The van der Waals surface area contributed by atoms with Crippen molar-refractivity contribution < 1.29 is 9.53 Å². The van der Waals surface area contributed by atoms with Gasteiger partial charge in [-0.15, -0.1) is 0 Å². The zero-order chi connectivity index (χ0) is 20.9. The number of amides is 1. The number of hydrogen-bond donors (Lipinski definition) is 1. The Morgan fingerprint density at radius 1 is 1.33 bits per heavy atom. The van der Waals surface area contributed by atoms with Gasteiger partial charge in [0.2, 0.25) is 11.9 Å². The zero-order valence-electron chi connectivity index (χ0n) is 17.5. The highest BCUT2D eigenvalue weighted by atomic mass is 16.5. The van der Waals surface area contributed by atoms with Crippen molar-refractivity contribution in [2.45, 2.75) is 33.2 Å². The van der Waals surface area contributed by atoms with Gasteiger partial charge in [-0.25, -0.2) is 15.0 Å². The number of piperidine rings is 1. The third kappa shape index (κ3) is 4.53. The largest absolute Gasteiger partial charge is 0.494 e. The SMILES string of the molecule is CCOc1ccc2nc(N3CCC[C@H](C(=O)NCCn4ccnc4)C3)nc(C)c2c1. The van der Waals surface area contributed by atoms with Gasteiger partial charge in [-0.1, -0.05) is 0 Å². The Balaban J connectivity index is 1.42. The number of aryl methyl sites for hydroxylation is 1. The number of carbonyl (C=O) groups excluding carboxylic acids is 1. The summed E-state index contributed by atoms with van der Waals surface area (Å²) < 4.78 is 7.55. The summed E-state index contributed by atoms with van der Waals surface area (Å²) in [7, 11) is 0. The van der Waals surface area contributed by atoms with Gasteiger partial charge in [0.15, 0.2) is 0 Å². The van der Waals surface area contributed by atoms with Gasteiger partial charge in [0.05, 0.1) is 30.1 Å². The summed E-state index contributed by atoms with van der Waals surface area (Å²) >= 11 is 0. The molecule has 0 aliphatic carbocycles. The Morgan fingerprint density at radius 3 is 3.03 bits per heavy atom. The lowest BCUT2D eigenvalue weighted by atomic mass is 9.97. The lowest BCUT2D eigenvalue weighted by molar-refractivity contribution is -0.125. The highest BCUT2D eigenvalue weighted by molar-refractivity contribution is 5.83. The first-order valence-corrected chi connectivity index (χ1v) is 10.5. The lowest BCUT2D eigenvalue weighted by Gasteiger charge is -2.32. The molecule has 1 atom stereocenters. The van der Waals surface area contributed by atoms with Crippen LogP contribution in [-0.2, 0) is 11.3 Å². The summed E-state index contributed by atoms with van der Waals surface area (Å²) in [6.45, 7) is 7.41. The molecule has 8 heteroatoms. The Labute approximate surface area is 176 Å². The Hall–Kier alpha value is -3.16. The molecule has 1 N–H and O–H groups in total. The number of carbonyl (C=O) groups is 1. The van der Waals surface area contributed by atoms with Crippen molar-refractivity contribution in [1.82, 2.24) is 24.8 Å². The number of nitrogens with one attached hydrogen (secondary N) is 1. The number of aromatic nitrogens is 4. The fourth-order valence-corrected chi connectivity index (χ4v) is 3.89. The molecule has 158 valence electrons. The monoisotopic (exact) mass is 408 g/mol. The summed E-state index contributed by atoms with van der Waals surface area (Å²) in [5.41, 5.74) is 1.82. The van der Waals surface area contributed by atoms with E-state index in [0.717, 1.165) is 48.3 Å². The Morgan fingerprint density at radius 2 is 2.23 bits per heavy atom. The predicted octanol–water partition coefficient (Wildman–Crippen LogP) is 2.57. The van der Waals surface area contributed by atoms with Crippen LogP contribution >= 0.6 is 0 Å². The van der Waals surface area contributed by atoms with E-state index in [-0.39, 0.29) is 11.8 Å². The number of rotatable bonds is 7. The first kappa shape index (κ1) is 20.1. The van der Waals surface area contributed by atoms with Gasteiger partial charge < -0.3 is 19.5 Å². The van der Waals surface area contributed by atoms with Crippen molar-refractivity contribution in [3.8, 4) is 5.75 Å². The van der Waals surface area contributed by atoms with Gasteiger partial charge >= 0.3 is 0 Å². The van der Waals surface area contributed by atoms with Gasteiger partial charge in [-0.3, -0.25) is 4.79 Å². The highest BCUT2D eigenvalue weighted by Gasteiger charge is 2.27. The fourth-order valence-electron chi connectivity index (χ4n) is 3.89. The van der Waals surface area contributed by atoms with Gasteiger partial charge in [0.1, 0.15) is 5.75 Å². The topological polar surface area (TPSA) is 85.2 Å². The first-order valence-electron chi connectivity index (χ1n) is 10.5. The highest BCUT2D eigenvalue weighted by Crippen LogP contribution is 2.26. The summed E-state index contributed by atoms with van der Waals surface area (Å²) in [5.74, 6) is 1.56. The molecule has 1 aromatic carbocycles. The van der Waals surface area contributed by atoms with Crippen molar-refractivity contribution in [2.24, 2.45) is 5.92 Å². The third-order valence-corrected chi connectivity index (χ3v) is 5.46. The molecule has 8 nitrogen and oxygen atoms in total. The molecule has 0 radical (unpaired) electrons. The molecule has 0 saturated carbocycles. The molecular formula is C22H28N6O2. The Bertz CT molecular complexity index is 1000. The van der Waals surface area contributed by atoms with Crippen LogP contribution < -0.4 is 15.0 Å². The van der Waals surface area contributed by atoms with Gasteiger partial charge in [0, 0.05) is 44.0 Å². The number of hydrogen-bond acceptors (Lipinski definition) is 6. The predicted molar refractivity (Wildman–Crippen MR) is 116 cm³/mol. The first-order chi connectivity index (χ1) is 14.6. The van der Waals surface area contributed by atoms with E-state index in [4.69, 9.17) is 14.7 Å². The minimum atomic E-state index is -0.0542. The van der Waals surface area contributed by atoms with E-state index in [1.54, 1.807) is 12.5 Å². The maximum absolute atomic E-state index is 12.7. The zero-order valence-corrected chi connectivity index (χ0v) is 17.5. The van der Waals surface area contributed by atoms with E-state index < -0.39 is 0 Å². The molecule has 3 aromatic rings. The summed E-state index contributed by atoms with van der Waals surface area (Å²) in [4.78, 5) is 28.3. The van der Waals surface area contributed by atoms with Crippen molar-refractivity contribution in [2.75, 3.05) is 31.1 Å². The van der Waals surface area contributed by atoms with E-state index >= 15 is 0 Å². The molecule has 0 unspecified atom stereocenters. The van der Waals surface area contributed by atoms with Gasteiger partial charge in [-0.2, -0.15) is 0 Å². The quantitative estimate of drug-likeness (QED) is 0.647. The molecule has 2 aromatic heterocycles. The van der Waals surface area contributed by atoms with E-state index in [0.29, 0.717) is 25.6 Å². The number of benzene rings is 1. The number of ether oxygens (including phenoxy) is 1. The summed E-state index contributed by atoms with van der Waals surface area (Å²) in [6.07, 6.45) is 7.22. The number of nitrogens with zero attached hydrogens (tertiary/aromatic N) is 5. The van der Waals surface area contributed by atoms with E-state index in [1.807, 2.05) is 42.8 Å². The molecule has 1 fully saturated rings. The Kier molecular flexibility index (Phi) is 6.11. The van der Waals surface area contributed by atoms with Crippen molar-refractivity contribution in [1.29, 1.82) is 0 Å². The molecule has 4 rings (SSSR count). The molecule has 0 bridgehead atoms. The van der Waals surface area contributed by atoms with Crippen LogP contribution in [0.3, 0.4) is 0 Å². The van der Waals surface area contributed by atoms with E-state index in [2.05, 4.69) is 15.2 Å². The molecule has 1 aliphatic rings. The van der Waals surface area contributed by atoms with Crippen LogP contribution in [0, 0.1) is 12.8 Å². The normalized spacial score (nSPS) is 16.6. The van der Waals surface area contributed by atoms with Crippen LogP contribution in [0.1, 0.15) is 25.5 Å². The van der Waals surface area contributed by atoms with Crippen LogP contribution in [0.15, 0.2) is 36.9 Å². The molecule has 1 amide bonds. The van der Waals surface area contributed by atoms with Crippen LogP contribution in [0.5, 0.6) is 5.75 Å². The minimum Gasteiger partial charge on any atom is -0.494 e. The maximum Gasteiger partial charge on any atom is 0.226 e. The summed E-state index contributed by atoms with van der Waals surface area (Å²) in [5, 5.41) is 4.05. The van der Waals surface area contributed by atoms with Crippen molar-refractivity contribution in [3.63, 3.8) is 0 Å². The van der Waals surface area contributed by atoms with Crippen molar-refractivity contribution in [3.05, 3.63) is 42.6 Å². The van der Waals surface area contributed by atoms with Crippen LogP contribution in [-0.4, -0.2) is 51.7 Å². The smallest absolute Gasteiger partial charge is 0.226 e. The van der Waals surface area contributed by atoms with E-state index in [1.165, 1.54) is 0 Å². The summed E-state index contributed by atoms with van der Waals surface area (Å²) in [6, 6.07) is 5.90. The van der Waals surface area contributed by atoms with Crippen LogP contribution in [0.2, 0.25) is 0 Å². The number of imidazole rings is 1. The molecule has 3 heterocycles. The average molecular weight is 409 g/mol. The second-order valence-electron chi connectivity index (χ2n) is 7.60. The van der Waals surface area contributed by atoms with Crippen LogP contribution in [0.4, 0.5) is 5.95 Å². The van der Waals surface area contributed by atoms with Gasteiger partial charge in [0.25, 0.3) is 0 Å². The molecule has 1 saturated heterocycles. The molecule has 1 aliphatic heterocycles. The molecular weight excluding hydrogens is 380 g/mol. The number of anilines is 1. The molecule has 0 spiro atoms. The van der Waals surface area contributed by atoms with Crippen LogP contribution in [0.25, 0.3) is 10.9 Å². The third-order valence-electron chi connectivity index (χ3n) is 5.46. The van der Waals surface area contributed by atoms with Gasteiger partial charge in [-0.05, 0) is 44.9 Å². The average Bonchev–Trinajstić information content (AvgIpc) is 3.28. The standard InChI is InChI=1S/C22H28N6O2/c1-3-30-18-6-7-20-19(13-18)16(2)25-22(26-20)28-10-4-5-17(14-28)21(29)24-9-12-27-11-8-23-15-27/h6-8,11,13,15,17H,3-5,9-10,12,14H2,1-2H3,(H,24,29)/t17-/m0/s1.